The second-order valence-electron chi connectivity index (χ2n) is 4.69. The van der Waals surface area contributed by atoms with Crippen molar-refractivity contribution in [3.8, 4) is 16.9 Å². The fourth-order valence-corrected chi connectivity index (χ4v) is 2.32. The maximum Gasteiger partial charge on any atom is 0.314 e. The van der Waals surface area contributed by atoms with Crippen molar-refractivity contribution in [3.05, 3.63) is 42.5 Å². The largest absolute Gasteiger partial charge is 0.497 e. The molecule has 0 saturated carbocycles. The summed E-state index contributed by atoms with van der Waals surface area (Å²) in [4.78, 5) is 24.9. The molecule has 25 heavy (non-hydrogen) atoms. The van der Waals surface area contributed by atoms with Crippen molar-refractivity contribution >= 4 is 35.0 Å². The van der Waals surface area contributed by atoms with Gasteiger partial charge in [0.15, 0.2) is 0 Å². The van der Waals surface area contributed by atoms with Gasteiger partial charge in [-0.3, -0.25) is 9.59 Å². The number of nitrogens with zero attached hydrogens (tertiary/aromatic N) is 1. The first-order valence-corrected chi connectivity index (χ1v) is 7.89. The number of hydrogen-bond acceptors (Lipinski definition) is 6. The molecule has 0 aliphatic carbocycles. The van der Waals surface area contributed by atoms with Crippen LogP contribution in [0, 0.1) is 10.7 Å². The van der Waals surface area contributed by atoms with Crippen molar-refractivity contribution in [2.24, 2.45) is 0 Å². The average molecular weight is 357 g/mol. The highest BCUT2D eigenvalue weighted by atomic mass is 32.2. The van der Waals surface area contributed by atoms with Crippen LogP contribution in [0.1, 0.15) is 0 Å². The topological polar surface area (TPSA) is 100 Å². The lowest BCUT2D eigenvalue weighted by atomic mass is 10.2. The molecule has 2 aromatic rings. The van der Waals surface area contributed by atoms with Gasteiger partial charge < -0.3 is 20.1 Å². The number of nitriles is 1. The van der Waals surface area contributed by atoms with Gasteiger partial charge in [0.1, 0.15) is 16.9 Å². The fraction of sp³-hybridized carbons (Fsp3) is 0.118. The van der Waals surface area contributed by atoms with Gasteiger partial charge in [-0.15, -0.1) is 0 Å². The first kappa shape index (κ1) is 18.2. The molecule has 0 atom stereocenters. The van der Waals surface area contributed by atoms with Crippen LogP contribution >= 0.6 is 11.8 Å². The van der Waals surface area contributed by atoms with Crippen LogP contribution in [0.2, 0.25) is 0 Å². The van der Waals surface area contributed by atoms with Crippen LogP contribution in [0.3, 0.4) is 0 Å². The van der Waals surface area contributed by atoms with Gasteiger partial charge in [-0.2, -0.15) is 5.26 Å². The molecule has 2 N–H and O–H groups in total. The number of hydrogen-bond donors (Lipinski definition) is 2. The SMILES string of the molecule is COc1ccc(OC)c(NC(=O)C(=O)Nc2ccc(SC#N)cc2)c1. The Labute approximate surface area is 148 Å². The summed E-state index contributed by atoms with van der Waals surface area (Å²) in [6.45, 7) is 0. The number of thioether (sulfide) groups is 1. The number of carbonyl (C=O) groups excluding carboxylic acids is 2. The van der Waals surface area contributed by atoms with Gasteiger partial charge in [0.2, 0.25) is 0 Å². The van der Waals surface area contributed by atoms with E-state index in [1.165, 1.54) is 14.2 Å². The molecule has 0 spiro atoms. The van der Waals surface area contributed by atoms with Crippen LogP contribution in [0.25, 0.3) is 0 Å². The molecule has 0 unspecified atom stereocenters. The van der Waals surface area contributed by atoms with Crippen molar-refractivity contribution in [2.45, 2.75) is 4.90 Å². The van der Waals surface area contributed by atoms with E-state index in [9.17, 15) is 9.59 Å². The maximum absolute atomic E-state index is 12.1. The minimum atomic E-state index is -0.845. The van der Waals surface area contributed by atoms with Crippen LogP contribution in [-0.2, 0) is 9.59 Å². The number of benzene rings is 2. The fourth-order valence-electron chi connectivity index (χ4n) is 1.94. The quantitative estimate of drug-likeness (QED) is 0.485. The summed E-state index contributed by atoms with van der Waals surface area (Å²) in [5.41, 5.74) is 0.766. The number of carbonyl (C=O) groups is 2. The third-order valence-electron chi connectivity index (χ3n) is 3.14. The molecule has 2 amide bonds. The molecular formula is C17H15N3O4S. The minimum absolute atomic E-state index is 0.322. The summed E-state index contributed by atoms with van der Waals surface area (Å²) in [7, 11) is 2.95. The van der Waals surface area contributed by atoms with E-state index in [4.69, 9.17) is 14.7 Å². The van der Waals surface area contributed by atoms with Gasteiger partial charge >= 0.3 is 11.8 Å². The number of amides is 2. The standard InChI is InChI=1S/C17H15N3O4S/c1-23-12-5-8-15(24-2)14(9-12)20-17(22)16(21)19-11-3-6-13(7-4-11)25-10-18/h3-9H,1-2H3,(H,19,21)(H,20,22). The van der Waals surface area contributed by atoms with Crippen LogP contribution in [0.5, 0.6) is 11.5 Å². The van der Waals surface area contributed by atoms with Crippen molar-refractivity contribution in [2.75, 3.05) is 24.9 Å². The number of thiocyanates is 1. The van der Waals surface area contributed by atoms with Crippen LogP contribution in [0.15, 0.2) is 47.4 Å². The van der Waals surface area contributed by atoms with Crippen LogP contribution in [0.4, 0.5) is 11.4 Å². The minimum Gasteiger partial charge on any atom is -0.497 e. The van der Waals surface area contributed by atoms with E-state index in [2.05, 4.69) is 10.6 Å². The Bertz CT molecular complexity index is 816. The van der Waals surface area contributed by atoms with E-state index >= 15 is 0 Å². The highest BCUT2D eigenvalue weighted by Gasteiger charge is 2.16. The molecule has 0 aliphatic rings. The molecule has 0 fully saturated rings. The number of rotatable bonds is 5. The molecule has 0 aliphatic heterocycles. The smallest absolute Gasteiger partial charge is 0.314 e. The molecule has 8 heteroatoms. The Morgan fingerprint density at radius 1 is 1.00 bits per heavy atom. The predicted octanol–water partition coefficient (Wildman–Crippen LogP) is 2.85. The zero-order valence-electron chi connectivity index (χ0n) is 13.5. The zero-order valence-corrected chi connectivity index (χ0v) is 14.3. The van der Waals surface area contributed by atoms with E-state index in [0.717, 1.165) is 16.7 Å². The summed E-state index contributed by atoms with van der Waals surface area (Å²) in [5.74, 6) is -0.755. The summed E-state index contributed by atoms with van der Waals surface area (Å²) in [6.07, 6.45) is 0. The van der Waals surface area contributed by atoms with Gasteiger partial charge in [-0.25, -0.2) is 0 Å². The zero-order chi connectivity index (χ0) is 18.2. The monoisotopic (exact) mass is 357 g/mol. The highest BCUT2D eigenvalue weighted by Crippen LogP contribution is 2.28. The van der Waals surface area contributed by atoms with E-state index in [0.29, 0.717) is 22.9 Å². The van der Waals surface area contributed by atoms with Crippen molar-refractivity contribution in [3.63, 3.8) is 0 Å². The Morgan fingerprint density at radius 2 is 1.68 bits per heavy atom. The van der Waals surface area contributed by atoms with Crippen LogP contribution < -0.4 is 20.1 Å². The highest BCUT2D eigenvalue weighted by molar-refractivity contribution is 8.03. The first-order valence-electron chi connectivity index (χ1n) is 7.07. The average Bonchev–Trinajstić information content (AvgIpc) is 2.63. The molecule has 2 rings (SSSR count). The summed E-state index contributed by atoms with van der Waals surface area (Å²) in [5, 5.41) is 15.5. The lowest BCUT2D eigenvalue weighted by Gasteiger charge is -2.11. The van der Waals surface area contributed by atoms with Gasteiger partial charge in [-0.05, 0) is 48.2 Å². The van der Waals surface area contributed by atoms with Crippen molar-refractivity contribution < 1.29 is 19.1 Å². The molecule has 0 aromatic heterocycles. The lowest BCUT2D eigenvalue weighted by Crippen LogP contribution is -2.29. The molecule has 7 nitrogen and oxygen atoms in total. The maximum atomic E-state index is 12.1. The van der Waals surface area contributed by atoms with E-state index in [1.807, 2.05) is 5.40 Å². The summed E-state index contributed by atoms with van der Waals surface area (Å²) >= 11 is 1.01. The van der Waals surface area contributed by atoms with Gasteiger partial charge in [0.25, 0.3) is 0 Å². The third kappa shape index (κ3) is 4.89. The normalized spacial score (nSPS) is 9.64. The summed E-state index contributed by atoms with van der Waals surface area (Å²) in [6, 6.07) is 11.4. The van der Waals surface area contributed by atoms with E-state index in [-0.39, 0.29) is 0 Å². The molecule has 128 valence electrons. The van der Waals surface area contributed by atoms with Crippen LogP contribution in [-0.4, -0.2) is 26.0 Å². The second kappa shape index (κ2) is 8.61. The predicted molar refractivity (Wildman–Crippen MR) is 94.7 cm³/mol. The Balaban J connectivity index is 2.05. The van der Waals surface area contributed by atoms with E-state index < -0.39 is 11.8 Å². The van der Waals surface area contributed by atoms with Gasteiger partial charge in [0, 0.05) is 16.6 Å². The van der Waals surface area contributed by atoms with Gasteiger partial charge in [-0.1, -0.05) is 0 Å². The van der Waals surface area contributed by atoms with E-state index in [1.54, 1.807) is 42.5 Å². The first-order chi connectivity index (χ1) is 12.1. The molecule has 0 bridgehead atoms. The number of ether oxygens (including phenoxy) is 2. The van der Waals surface area contributed by atoms with Gasteiger partial charge in [0.05, 0.1) is 19.9 Å². The summed E-state index contributed by atoms with van der Waals surface area (Å²) < 4.78 is 10.2. The number of methoxy groups -OCH3 is 2. The third-order valence-corrected chi connectivity index (χ3v) is 3.74. The molecular weight excluding hydrogens is 342 g/mol. The number of anilines is 2. The number of nitrogens with one attached hydrogen (secondary N) is 2. The second-order valence-corrected chi connectivity index (χ2v) is 5.55. The van der Waals surface area contributed by atoms with Crippen molar-refractivity contribution in [1.29, 1.82) is 5.26 Å². The Kier molecular flexibility index (Phi) is 6.26. The van der Waals surface area contributed by atoms with Crippen molar-refractivity contribution in [1.82, 2.24) is 0 Å². The Morgan fingerprint density at radius 3 is 2.28 bits per heavy atom. The Hall–Kier alpha value is -3.18. The molecule has 0 heterocycles. The molecule has 2 aromatic carbocycles. The lowest BCUT2D eigenvalue weighted by molar-refractivity contribution is -0.133. The molecule has 0 saturated heterocycles. The molecule has 0 radical (unpaired) electrons.